The van der Waals surface area contributed by atoms with Crippen LogP contribution in [0.15, 0.2) is 77.9 Å². The van der Waals surface area contributed by atoms with E-state index in [4.69, 9.17) is 14.6 Å². The highest BCUT2D eigenvalue weighted by molar-refractivity contribution is 6.44. The molecule has 0 saturated heterocycles. The van der Waals surface area contributed by atoms with Crippen molar-refractivity contribution in [3.8, 4) is 11.5 Å². The van der Waals surface area contributed by atoms with Crippen LogP contribution in [-0.2, 0) is 4.79 Å². The van der Waals surface area contributed by atoms with E-state index in [-0.39, 0.29) is 11.9 Å². The van der Waals surface area contributed by atoms with Gasteiger partial charge in [-0.05, 0) is 43.3 Å². The fraction of sp³-hybridized carbons (Fsp3) is 0.200. The van der Waals surface area contributed by atoms with Crippen molar-refractivity contribution < 1.29 is 14.3 Å². The number of anilines is 2. The largest absolute Gasteiger partial charge is 0.493 e. The lowest BCUT2D eigenvalue weighted by Crippen LogP contribution is -2.37. The molecule has 6 nitrogen and oxygen atoms in total. The normalized spacial score (nSPS) is 15.6. The molecule has 1 aliphatic rings. The Hall–Kier alpha value is -3.80. The Labute approximate surface area is 182 Å². The van der Waals surface area contributed by atoms with Crippen molar-refractivity contribution in [1.82, 2.24) is 0 Å². The first-order chi connectivity index (χ1) is 15.0. The Morgan fingerprint density at radius 2 is 1.55 bits per heavy atom. The molecular formula is C25H25N3O3. The average Bonchev–Trinajstić information content (AvgIpc) is 3.20. The number of ketones is 1. The number of hydrogen-bond donors (Lipinski definition) is 0. The Bertz CT molecular complexity index is 1110. The number of hydrazone groups is 1. The third kappa shape index (κ3) is 3.84. The number of amidine groups is 1. The molecule has 0 bridgehead atoms. The molecule has 0 N–H and O–H groups in total. The topological polar surface area (TPSA) is 54.4 Å². The van der Waals surface area contributed by atoms with E-state index in [1.54, 1.807) is 21.1 Å². The van der Waals surface area contributed by atoms with E-state index in [0.29, 0.717) is 17.3 Å². The minimum Gasteiger partial charge on any atom is -0.493 e. The number of rotatable bonds is 6. The van der Waals surface area contributed by atoms with Gasteiger partial charge in [-0.1, -0.05) is 42.0 Å². The van der Waals surface area contributed by atoms with Crippen LogP contribution in [-0.4, -0.2) is 25.8 Å². The summed E-state index contributed by atoms with van der Waals surface area (Å²) in [6.45, 7) is 3.58. The molecule has 1 heterocycles. The second kappa shape index (κ2) is 8.52. The second-order valence-electron chi connectivity index (χ2n) is 7.35. The predicted octanol–water partition coefficient (Wildman–Crippen LogP) is 4.94. The van der Waals surface area contributed by atoms with Gasteiger partial charge >= 0.3 is 0 Å². The maximum Gasteiger partial charge on any atom is 0.198 e. The van der Waals surface area contributed by atoms with Crippen LogP contribution in [0.25, 0.3) is 0 Å². The van der Waals surface area contributed by atoms with E-state index < -0.39 is 0 Å². The molecule has 6 heteroatoms. The van der Waals surface area contributed by atoms with Gasteiger partial charge in [0.2, 0.25) is 0 Å². The van der Waals surface area contributed by atoms with Gasteiger partial charge in [0.1, 0.15) is 0 Å². The molecule has 158 valence electrons. The first kappa shape index (κ1) is 20.5. The van der Waals surface area contributed by atoms with Gasteiger partial charge in [0, 0.05) is 18.2 Å². The molecule has 0 saturated carbocycles. The number of carbonyl (C=O) groups excluding carboxylic acids is 1. The van der Waals surface area contributed by atoms with Gasteiger partial charge in [0.05, 0.1) is 19.9 Å². The zero-order valence-corrected chi connectivity index (χ0v) is 18.1. The lowest BCUT2D eigenvalue weighted by atomic mass is 10.1. The Kier molecular flexibility index (Phi) is 5.62. The molecule has 0 spiro atoms. The predicted molar refractivity (Wildman–Crippen MR) is 123 cm³/mol. The lowest BCUT2D eigenvalue weighted by molar-refractivity contribution is -0.111. The fourth-order valence-corrected chi connectivity index (χ4v) is 3.72. The highest BCUT2D eigenvalue weighted by Crippen LogP contribution is 2.41. The van der Waals surface area contributed by atoms with Gasteiger partial charge in [-0.3, -0.25) is 9.69 Å². The fourth-order valence-electron chi connectivity index (χ4n) is 3.72. The molecule has 31 heavy (non-hydrogen) atoms. The second-order valence-corrected chi connectivity index (χ2v) is 7.35. The van der Waals surface area contributed by atoms with Crippen molar-refractivity contribution in [2.75, 3.05) is 24.1 Å². The summed E-state index contributed by atoms with van der Waals surface area (Å²) < 4.78 is 11.0. The molecule has 1 aliphatic heterocycles. The summed E-state index contributed by atoms with van der Waals surface area (Å²) in [6, 6.07) is 23.7. The minimum absolute atomic E-state index is 0.107. The summed E-state index contributed by atoms with van der Waals surface area (Å²) in [7, 11) is 3.22. The highest BCUT2D eigenvalue weighted by Gasteiger charge is 2.39. The first-order valence-electron chi connectivity index (χ1n) is 10.0. The molecule has 4 rings (SSSR count). The van der Waals surface area contributed by atoms with Gasteiger partial charge in [-0.25, -0.2) is 5.01 Å². The number of nitrogens with zero attached hydrogens (tertiary/aromatic N) is 3. The maximum absolute atomic E-state index is 12.6. The molecule has 1 atom stereocenters. The number of para-hydroxylation sites is 1. The Balaban J connectivity index is 1.91. The molecular weight excluding hydrogens is 390 g/mol. The molecule has 1 unspecified atom stereocenters. The lowest BCUT2D eigenvalue weighted by Gasteiger charge is -2.32. The number of aryl methyl sites for hydroxylation is 1. The van der Waals surface area contributed by atoms with Crippen LogP contribution in [0.3, 0.4) is 0 Å². The molecule has 0 aliphatic carbocycles. The van der Waals surface area contributed by atoms with Crippen LogP contribution >= 0.6 is 0 Å². The number of Topliss-reactive ketones (excluding diaryl/α,β-unsaturated/α-hetero) is 1. The summed E-state index contributed by atoms with van der Waals surface area (Å²) in [6.07, 6.45) is -0.371. The number of hydrogen-bond acceptors (Lipinski definition) is 6. The number of carbonyl (C=O) groups is 1. The van der Waals surface area contributed by atoms with Gasteiger partial charge in [-0.15, -0.1) is 5.10 Å². The number of benzene rings is 3. The average molecular weight is 415 g/mol. The van der Waals surface area contributed by atoms with E-state index in [9.17, 15) is 4.79 Å². The van der Waals surface area contributed by atoms with Crippen molar-refractivity contribution in [1.29, 1.82) is 0 Å². The summed E-state index contributed by atoms with van der Waals surface area (Å²) in [5.74, 6) is 1.54. The van der Waals surface area contributed by atoms with Crippen LogP contribution in [0.5, 0.6) is 11.5 Å². The molecule has 0 fully saturated rings. The van der Waals surface area contributed by atoms with Gasteiger partial charge in [0.15, 0.2) is 29.3 Å². The van der Waals surface area contributed by atoms with E-state index in [2.05, 4.69) is 0 Å². The molecule has 0 aromatic heterocycles. The van der Waals surface area contributed by atoms with E-state index in [1.165, 1.54) is 0 Å². The van der Waals surface area contributed by atoms with E-state index >= 15 is 0 Å². The minimum atomic E-state index is -0.371. The van der Waals surface area contributed by atoms with Crippen molar-refractivity contribution in [2.45, 2.75) is 20.0 Å². The van der Waals surface area contributed by atoms with Gasteiger partial charge in [-0.2, -0.15) is 0 Å². The van der Waals surface area contributed by atoms with Crippen molar-refractivity contribution >= 4 is 23.0 Å². The molecule has 3 aromatic carbocycles. The molecule has 0 radical (unpaired) electrons. The SMILES string of the molecule is COc1ccc(C2N(c3ccccc3)N=C(C(C)=O)N2c2ccc(C)cc2)cc1OC. The zero-order chi connectivity index (χ0) is 22.0. The van der Waals surface area contributed by atoms with Crippen molar-refractivity contribution in [3.63, 3.8) is 0 Å². The quantitative estimate of drug-likeness (QED) is 0.571. The molecule has 0 amide bonds. The maximum atomic E-state index is 12.6. The Morgan fingerprint density at radius 3 is 2.16 bits per heavy atom. The standard InChI is InChI=1S/C25H25N3O3/c1-17-10-13-20(14-11-17)27-24(18(2)29)26-28(21-8-6-5-7-9-21)25(27)19-12-15-22(30-3)23(16-19)31-4/h5-16,25H,1-4H3. The number of methoxy groups -OCH3 is 2. The third-order valence-electron chi connectivity index (χ3n) is 5.26. The van der Waals surface area contributed by atoms with Gasteiger partial charge < -0.3 is 9.47 Å². The van der Waals surface area contributed by atoms with Crippen LogP contribution in [0, 0.1) is 6.92 Å². The van der Waals surface area contributed by atoms with Crippen molar-refractivity contribution in [3.05, 3.63) is 83.9 Å². The van der Waals surface area contributed by atoms with Crippen molar-refractivity contribution in [2.24, 2.45) is 5.10 Å². The van der Waals surface area contributed by atoms with Crippen LogP contribution in [0.2, 0.25) is 0 Å². The monoisotopic (exact) mass is 415 g/mol. The summed E-state index contributed by atoms with van der Waals surface area (Å²) in [5, 5.41) is 6.62. The van der Waals surface area contributed by atoms with E-state index in [0.717, 1.165) is 22.5 Å². The zero-order valence-electron chi connectivity index (χ0n) is 18.1. The third-order valence-corrected chi connectivity index (χ3v) is 5.26. The summed E-state index contributed by atoms with van der Waals surface area (Å²) >= 11 is 0. The highest BCUT2D eigenvalue weighted by atomic mass is 16.5. The van der Waals surface area contributed by atoms with E-state index in [1.807, 2.05) is 89.6 Å². The molecule has 3 aromatic rings. The van der Waals surface area contributed by atoms with Crippen LogP contribution < -0.4 is 19.4 Å². The van der Waals surface area contributed by atoms with Gasteiger partial charge in [0.25, 0.3) is 0 Å². The van der Waals surface area contributed by atoms with Crippen LogP contribution in [0.4, 0.5) is 11.4 Å². The number of ether oxygens (including phenoxy) is 2. The smallest absolute Gasteiger partial charge is 0.198 e. The summed E-state index contributed by atoms with van der Waals surface area (Å²) in [4.78, 5) is 14.6. The Morgan fingerprint density at radius 1 is 0.871 bits per heavy atom. The summed E-state index contributed by atoms with van der Waals surface area (Å²) in [5.41, 5.74) is 3.84. The first-order valence-corrected chi connectivity index (χ1v) is 10.0. The van der Waals surface area contributed by atoms with Crippen LogP contribution in [0.1, 0.15) is 24.2 Å².